The Hall–Kier alpha value is -1.68. The van der Waals surface area contributed by atoms with E-state index in [9.17, 15) is 4.79 Å². The van der Waals surface area contributed by atoms with E-state index in [0.717, 1.165) is 16.8 Å². The Bertz CT molecular complexity index is 570. The van der Waals surface area contributed by atoms with Crippen LogP contribution in [0.15, 0.2) is 35.2 Å². The van der Waals surface area contributed by atoms with Gasteiger partial charge in [0.15, 0.2) is 0 Å². The van der Waals surface area contributed by atoms with Gasteiger partial charge in [0.25, 0.3) is 0 Å². The Morgan fingerprint density at radius 1 is 1.35 bits per heavy atom. The van der Waals surface area contributed by atoms with Gasteiger partial charge < -0.3 is 5.32 Å². The molecule has 1 N–H and O–H groups in total. The summed E-state index contributed by atoms with van der Waals surface area (Å²) in [5, 5.41) is 7.07. The van der Waals surface area contributed by atoms with Gasteiger partial charge in [-0.15, -0.1) is 0 Å². The second-order valence-corrected chi connectivity index (χ2v) is 6.86. The number of nitrogens with one attached hydrogen (secondary N) is 1. The van der Waals surface area contributed by atoms with Gasteiger partial charge >= 0.3 is 0 Å². The van der Waals surface area contributed by atoms with E-state index < -0.39 is 0 Å². The molecule has 0 aliphatic carbocycles. The van der Waals surface area contributed by atoms with Crippen LogP contribution < -0.4 is 5.32 Å². The minimum absolute atomic E-state index is 0.0180. The lowest BCUT2D eigenvalue weighted by molar-refractivity contribution is -0.122. The third kappa shape index (κ3) is 4.46. The Balaban J connectivity index is 1.97. The van der Waals surface area contributed by atoms with Crippen LogP contribution in [0.4, 0.5) is 0 Å². The molecule has 2 aromatic heterocycles. The second kappa shape index (κ2) is 6.18. The predicted octanol–water partition coefficient (Wildman–Crippen LogP) is 3.86. The van der Waals surface area contributed by atoms with Crippen LogP contribution in [0, 0.1) is 5.41 Å². The number of pyridine rings is 1. The van der Waals surface area contributed by atoms with Gasteiger partial charge in [-0.25, -0.2) is 0 Å². The zero-order valence-electron chi connectivity index (χ0n) is 12.1. The highest BCUT2D eigenvalue weighted by molar-refractivity contribution is 7.08. The van der Waals surface area contributed by atoms with Gasteiger partial charge in [0, 0.05) is 30.1 Å². The molecule has 0 aliphatic heterocycles. The maximum atomic E-state index is 11.8. The van der Waals surface area contributed by atoms with Crippen LogP contribution in [-0.2, 0) is 11.3 Å². The summed E-state index contributed by atoms with van der Waals surface area (Å²) in [6, 6.07) is 6.02. The molecule has 0 aromatic carbocycles. The fraction of sp³-hybridized carbons (Fsp3) is 0.375. The van der Waals surface area contributed by atoms with Crippen LogP contribution in [0.5, 0.6) is 0 Å². The average molecular weight is 288 g/mol. The summed E-state index contributed by atoms with van der Waals surface area (Å²) >= 11 is 1.66. The number of thiophene rings is 1. The lowest BCUT2D eigenvalue weighted by Crippen LogP contribution is -2.27. The minimum Gasteiger partial charge on any atom is -0.352 e. The number of hydrogen-bond acceptors (Lipinski definition) is 3. The van der Waals surface area contributed by atoms with Gasteiger partial charge in [0.2, 0.25) is 5.91 Å². The SMILES string of the molecule is CC(C)(C)CC(=O)NCc1ccnc(-c2ccsc2)c1. The van der Waals surface area contributed by atoms with Crippen molar-refractivity contribution < 1.29 is 4.79 Å². The monoisotopic (exact) mass is 288 g/mol. The van der Waals surface area contributed by atoms with Crippen LogP contribution in [0.2, 0.25) is 0 Å². The minimum atomic E-state index is 0.0180. The summed E-state index contributed by atoms with van der Waals surface area (Å²) in [4.78, 5) is 16.2. The average Bonchev–Trinajstić information content (AvgIpc) is 2.88. The van der Waals surface area contributed by atoms with Gasteiger partial charge in [-0.3, -0.25) is 9.78 Å². The summed E-state index contributed by atoms with van der Waals surface area (Å²) < 4.78 is 0. The number of aromatic nitrogens is 1. The van der Waals surface area contributed by atoms with Gasteiger partial charge in [-0.05, 0) is 34.6 Å². The van der Waals surface area contributed by atoms with Crippen molar-refractivity contribution >= 4 is 17.2 Å². The van der Waals surface area contributed by atoms with E-state index in [-0.39, 0.29) is 11.3 Å². The number of rotatable bonds is 4. The Kier molecular flexibility index (Phi) is 4.55. The molecule has 0 radical (unpaired) electrons. The van der Waals surface area contributed by atoms with E-state index in [1.54, 1.807) is 17.5 Å². The number of amides is 1. The molecule has 0 unspecified atom stereocenters. The molecule has 1 amide bonds. The van der Waals surface area contributed by atoms with Crippen molar-refractivity contribution in [3.8, 4) is 11.3 Å². The zero-order valence-corrected chi connectivity index (χ0v) is 13.0. The highest BCUT2D eigenvalue weighted by atomic mass is 32.1. The van der Waals surface area contributed by atoms with E-state index >= 15 is 0 Å². The predicted molar refractivity (Wildman–Crippen MR) is 83.5 cm³/mol. The molecule has 0 spiro atoms. The Morgan fingerprint density at radius 2 is 2.15 bits per heavy atom. The normalized spacial score (nSPS) is 11.3. The Morgan fingerprint density at radius 3 is 2.80 bits per heavy atom. The first kappa shape index (κ1) is 14.7. The summed E-state index contributed by atoms with van der Waals surface area (Å²) in [6.45, 7) is 6.74. The van der Waals surface area contributed by atoms with Crippen molar-refractivity contribution in [2.24, 2.45) is 5.41 Å². The fourth-order valence-electron chi connectivity index (χ4n) is 1.90. The third-order valence-electron chi connectivity index (χ3n) is 2.82. The molecule has 0 saturated carbocycles. The molecule has 2 heterocycles. The summed E-state index contributed by atoms with van der Waals surface area (Å²) in [7, 11) is 0. The highest BCUT2D eigenvalue weighted by Gasteiger charge is 2.15. The standard InChI is InChI=1S/C16H20N2OS/c1-16(2,3)9-15(19)18-10-12-4-6-17-14(8-12)13-5-7-20-11-13/h4-8,11H,9-10H2,1-3H3,(H,18,19). The van der Waals surface area contributed by atoms with Crippen molar-refractivity contribution in [2.45, 2.75) is 33.7 Å². The maximum absolute atomic E-state index is 11.8. The first-order chi connectivity index (χ1) is 9.44. The Labute approximate surface area is 124 Å². The van der Waals surface area contributed by atoms with Gasteiger partial charge in [0.1, 0.15) is 0 Å². The number of carbonyl (C=O) groups is 1. The van der Waals surface area contributed by atoms with Crippen LogP contribution in [0.1, 0.15) is 32.8 Å². The van der Waals surface area contributed by atoms with Gasteiger partial charge in [-0.2, -0.15) is 11.3 Å². The fourth-order valence-corrected chi connectivity index (χ4v) is 2.55. The molecule has 0 bridgehead atoms. The van der Waals surface area contributed by atoms with E-state index in [4.69, 9.17) is 0 Å². The first-order valence-corrected chi connectivity index (χ1v) is 7.62. The molecule has 2 aromatic rings. The molecular formula is C16H20N2OS. The van der Waals surface area contributed by atoms with E-state index in [0.29, 0.717) is 13.0 Å². The quantitative estimate of drug-likeness (QED) is 0.928. The molecule has 2 rings (SSSR count). The molecule has 0 saturated heterocycles. The number of hydrogen-bond donors (Lipinski definition) is 1. The third-order valence-corrected chi connectivity index (χ3v) is 3.51. The molecule has 0 atom stereocenters. The van der Waals surface area contributed by atoms with Crippen molar-refractivity contribution in [3.05, 3.63) is 40.7 Å². The zero-order chi connectivity index (χ0) is 14.6. The van der Waals surface area contributed by atoms with Crippen molar-refractivity contribution in [3.63, 3.8) is 0 Å². The molecule has 20 heavy (non-hydrogen) atoms. The van der Waals surface area contributed by atoms with Crippen molar-refractivity contribution in [2.75, 3.05) is 0 Å². The van der Waals surface area contributed by atoms with Crippen LogP contribution in [0.25, 0.3) is 11.3 Å². The maximum Gasteiger partial charge on any atom is 0.220 e. The van der Waals surface area contributed by atoms with Crippen LogP contribution in [-0.4, -0.2) is 10.9 Å². The topological polar surface area (TPSA) is 42.0 Å². The lowest BCUT2D eigenvalue weighted by Gasteiger charge is -2.17. The lowest BCUT2D eigenvalue weighted by atomic mass is 9.92. The molecule has 0 aliphatic rings. The highest BCUT2D eigenvalue weighted by Crippen LogP contribution is 2.21. The first-order valence-electron chi connectivity index (χ1n) is 6.68. The van der Waals surface area contributed by atoms with E-state index in [1.807, 2.05) is 17.5 Å². The van der Waals surface area contributed by atoms with Crippen molar-refractivity contribution in [1.29, 1.82) is 0 Å². The van der Waals surface area contributed by atoms with Crippen molar-refractivity contribution in [1.82, 2.24) is 10.3 Å². The summed E-state index contributed by atoms with van der Waals surface area (Å²) in [5.74, 6) is 0.0893. The number of carbonyl (C=O) groups excluding carboxylic acids is 1. The second-order valence-electron chi connectivity index (χ2n) is 6.08. The molecule has 0 fully saturated rings. The van der Waals surface area contributed by atoms with E-state index in [2.05, 4.69) is 42.5 Å². The molecule has 4 heteroatoms. The van der Waals surface area contributed by atoms with E-state index in [1.165, 1.54) is 0 Å². The van der Waals surface area contributed by atoms with Gasteiger partial charge in [-0.1, -0.05) is 20.8 Å². The largest absolute Gasteiger partial charge is 0.352 e. The molecule has 3 nitrogen and oxygen atoms in total. The van der Waals surface area contributed by atoms with Crippen LogP contribution >= 0.6 is 11.3 Å². The number of nitrogens with zero attached hydrogens (tertiary/aromatic N) is 1. The summed E-state index contributed by atoms with van der Waals surface area (Å²) in [6.07, 6.45) is 2.33. The smallest absolute Gasteiger partial charge is 0.220 e. The van der Waals surface area contributed by atoms with Gasteiger partial charge in [0.05, 0.1) is 5.69 Å². The summed E-state index contributed by atoms with van der Waals surface area (Å²) in [5.41, 5.74) is 3.17. The molecular weight excluding hydrogens is 268 g/mol. The molecule has 106 valence electrons. The van der Waals surface area contributed by atoms with Crippen LogP contribution in [0.3, 0.4) is 0 Å².